The molecular weight excluding hydrogens is 322 g/mol. The third-order valence-electron chi connectivity index (χ3n) is 5.09. The van der Waals surface area contributed by atoms with E-state index >= 15 is 0 Å². The van der Waals surface area contributed by atoms with Crippen LogP contribution in [0.25, 0.3) is 0 Å². The second kappa shape index (κ2) is 7.41. The SMILES string of the molecule is COc1ccc(C(=O)N2CCN3C[C@@H](C(=O)O)CN(C)C[C@@H]3C2)cc1. The van der Waals surface area contributed by atoms with Gasteiger partial charge in [-0.15, -0.1) is 0 Å². The van der Waals surface area contributed by atoms with Gasteiger partial charge in [0.05, 0.1) is 13.0 Å². The Bertz CT molecular complexity index is 634. The molecule has 0 bridgehead atoms. The number of likely N-dealkylation sites (N-methyl/N-ethyl adjacent to an activating group) is 1. The fraction of sp³-hybridized carbons (Fsp3) is 0.556. The summed E-state index contributed by atoms with van der Waals surface area (Å²) in [6, 6.07) is 7.33. The highest BCUT2D eigenvalue weighted by Crippen LogP contribution is 2.20. The van der Waals surface area contributed by atoms with E-state index in [1.807, 2.05) is 11.9 Å². The number of amides is 1. The number of fused-ring (bicyclic) bond motifs is 1. The summed E-state index contributed by atoms with van der Waals surface area (Å²) >= 11 is 0. The topological polar surface area (TPSA) is 73.3 Å². The third kappa shape index (κ3) is 3.93. The van der Waals surface area contributed by atoms with E-state index in [2.05, 4.69) is 9.80 Å². The fourth-order valence-electron chi connectivity index (χ4n) is 3.71. The normalized spacial score (nSPS) is 25.1. The van der Waals surface area contributed by atoms with E-state index in [4.69, 9.17) is 4.74 Å². The standard InChI is InChI=1S/C18H25N3O4/c1-19-9-14(18(23)24)10-20-7-8-21(12-15(20)11-19)17(22)13-3-5-16(25-2)6-4-13/h3-6,14-15H,7-12H2,1-2H3,(H,23,24)/t14-,15+/m0/s1. The molecule has 1 N–H and O–H groups in total. The average Bonchev–Trinajstić information content (AvgIpc) is 2.78. The first kappa shape index (κ1) is 17.7. The second-order valence-electron chi connectivity index (χ2n) is 6.88. The summed E-state index contributed by atoms with van der Waals surface area (Å²) in [5.41, 5.74) is 0.652. The van der Waals surface area contributed by atoms with Gasteiger partial charge in [0.15, 0.2) is 0 Å². The zero-order valence-electron chi connectivity index (χ0n) is 14.7. The maximum atomic E-state index is 12.8. The number of ether oxygens (including phenoxy) is 1. The van der Waals surface area contributed by atoms with E-state index in [0.29, 0.717) is 38.3 Å². The first-order valence-corrected chi connectivity index (χ1v) is 8.56. The zero-order valence-corrected chi connectivity index (χ0v) is 14.7. The van der Waals surface area contributed by atoms with Crippen molar-refractivity contribution in [1.82, 2.24) is 14.7 Å². The molecule has 2 atom stereocenters. The lowest BCUT2D eigenvalue weighted by atomic mass is 10.1. The monoisotopic (exact) mass is 347 g/mol. The third-order valence-corrected chi connectivity index (χ3v) is 5.09. The predicted octanol–water partition coefficient (Wildman–Crippen LogP) is 0.468. The van der Waals surface area contributed by atoms with Crippen molar-refractivity contribution in [1.29, 1.82) is 0 Å². The van der Waals surface area contributed by atoms with E-state index < -0.39 is 5.97 Å². The summed E-state index contributed by atoms with van der Waals surface area (Å²) in [4.78, 5) is 30.3. The van der Waals surface area contributed by atoms with Crippen LogP contribution in [0.2, 0.25) is 0 Å². The van der Waals surface area contributed by atoms with Crippen LogP contribution in [0.3, 0.4) is 0 Å². The molecule has 3 rings (SSSR count). The van der Waals surface area contributed by atoms with Gasteiger partial charge >= 0.3 is 5.97 Å². The number of piperazine rings is 1. The van der Waals surface area contributed by atoms with Crippen LogP contribution in [0.1, 0.15) is 10.4 Å². The summed E-state index contributed by atoms with van der Waals surface area (Å²) in [6.07, 6.45) is 0. The van der Waals surface area contributed by atoms with Crippen LogP contribution in [-0.2, 0) is 4.79 Å². The minimum absolute atomic E-state index is 0.0176. The van der Waals surface area contributed by atoms with Gasteiger partial charge < -0.3 is 19.6 Å². The molecule has 0 radical (unpaired) electrons. The molecule has 7 nitrogen and oxygen atoms in total. The van der Waals surface area contributed by atoms with Crippen molar-refractivity contribution in [3.8, 4) is 5.75 Å². The maximum absolute atomic E-state index is 12.8. The number of hydrogen-bond donors (Lipinski definition) is 1. The van der Waals surface area contributed by atoms with Gasteiger partial charge in [0.1, 0.15) is 5.75 Å². The van der Waals surface area contributed by atoms with Gasteiger partial charge in [0.2, 0.25) is 0 Å². The highest BCUT2D eigenvalue weighted by Gasteiger charge is 2.36. The molecule has 2 aliphatic heterocycles. The summed E-state index contributed by atoms with van der Waals surface area (Å²) < 4.78 is 5.14. The molecule has 1 amide bonds. The number of nitrogens with zero attached hydrogens (tertiary/aromatic N) is 3. The summed E-state index contributed by atoms with van der Waals surface area (Å²) in [7, 11) is 3.55. The molecule has 0 aliphatic carbocycles. The summed E-state index contributed by atoms with van der Waals surface area (Å²) in [5, 5.41) is 9.37. The Morgan fingerprint density at radius 2 is 1.80 bits per heavy atom. The highest BCUT2D eigenvalue weighted by molar-refractivity contribution is 5.94. The molecule has 0 aromatic heterocycles. The van der Waals surface area contributed by atoms with Gasteiger partial charge in [-0.3, -0.25) is 14.5 Å². The number of rotatable bonds is 3. The van der Waals surface area contributed by atoms with Crippen LogP contribution in [0.15, 0.2) is 24.3 Å². The molecule has 1 aromatic rings. The molecule has 0 unspecified atom stereocenters. The number of carboxylic acid groups (broad SMARTS) is 1. The molecule has 1 aromatic carbocycles. The molecule has 2 aliphatic rings. The second-order valence-corrected chi connectivity index (χ2v) is 6.88. The molecule has 2 fully saturated rings. The minimum atomic E-state index is -0.746. The van der Waals surface area contributed by atoms with Crippen LogP contribution >= 0.6 is 0 Å². The fourth-order valence-corrected chi connectivity index (χ4v) is 3.71. The zero-order chi connectivity index (χ0) is 18.0. The molecular formula is C18H25N3O4. The number of carbonyl (C=O) groups is 2. The Hall–Kier alpha value is -2.12. The molecule has 25 heavy (non-hydrogen) atoms. The quantitative estimate of drug-likeness (QED) is 0.857. The lowest BCUT2D eigenvalue weighted by molar-refractivity contribution is -0.142. The summed E-state index contributed by atoms with van der Waals surface area (Å²) in [5.74, 6) is -0.376. The number of aliphatic carboxylic acids is 1. The maximum Gasteiger partial charge on any atom is 0.309 e. The van der Waals surface area contributed by atoms with Crippen molar-refractivity contribution in [2.45, 2.75) is 6.04 Å². The number of benzene rings is 1. The van der Waals surface area contributed by atoms with Gasteiger partial charge in [-0.1, -0.05) is 0 Å². The van der Waals surface area contributed by atoms with Crippen LogP contribution in [-0.4, -0.2) is 91.2 Å². The highest BCUT2D eigenvalue weighted by atomic mass is 16.5. The van der Waals surface area contributed by atoms with E-state index in [-0.39, 0.29) is 17.9 Å². The smallest absolute Gasteiger partial charge is 0.309 e. The van der Waals surface area contributed by atoms with Crippen molar-refractivity contribution < 1.29 is 19.4 Å². The van der Waals surface area contributed by atoms with Crippen LogP contribution < -0.4 is 4.74 Å². The number of methoxy groups -OCH3 is 1. The van der Waals surface area contributed by atoms with Crippen LogP contribution in [0.4, 0.5) is 0 Å². The Balaban J connectivity index is 1.69. The minimum Gasteiger partial charge on any atom is -0.497 e. The van der Waals surface area contributed by atoms with Crippen molar-refractivity contribution >= 4 is 11.9 Å². The Kier molecular flexibility index (Phi) is 5.24. The lowest BCUT2D eigenvalue weighted by Gasteiger charge is -2.41. The Labute approximate surface area is 147 Å². The average molecular weight is 347 g/mol. The molecule has 7 heteroatoms. The van der Waals surface area contributed by atoms with Gasteiger partial charge in [-0.05, 0) is 31.3 Å². The van der Waals surface area contributed by atoms with E-state index in [9.17, 15) is 14.7 Å². The van der Waals surface area contributed by atoms with Crippen molar-refractivity contribution in [2.75, 3.05) is 53.4 Å². The van der Waals surface area contributed by atoms with Crippen LogP contribution in [0, 0.1) is 5.92 Å². The van der Waals surface area contributed by atoms with Gasteiger partial charge in [0.25, 0.3) is 5.91 Å². The largest absolute Gasteiger partial charge is 0.497 e. The van der Waals surface area contributed by atoms with Gasteiger partial charge in [0, 0.05) is 50.9 Å². The Morgan fingerprint density at radius 1 is 1.08 bits per heavy atom. The molecule has 136 valence electrons. The molecule has 0 spiro atoms. The molecule has 2 heterocycles. The van der Waals surface area contributed by atoms with E-state index in [0.717, 1.165) is 12.3 Å². The molecule has 0 saturated carbocycles. The predicted molar refractivity (Wildman–Crippen MR) is 92.9 cm³/mol. The Morgan fingerprint density at radius 3 is 2.44 bits per heavy atom. The summed E-state index contributed by atoms with van der Waals surface area (Å²) in [6.45, 7) is 3.84. The lowest BCUT2D eigenvalue weighted by Crippen LogP contribution is -2.57. The number of hydrogen-bond acceptors (Lipinski definition) is 5. The van der Waals surface area contributed by atoms with Crippen molar-refractivity contribution in [3.05, 3.63) is 29.8 Å². The number of carboxylic acids is 1. The van der Waals surface area contributed by atoms with Crippen LogP contribution in [0.5, 0.6) is 5.75 Å². The first-order chi connectivity index (χ1) is 12.0. The first-order valence-electron chi connectivity index (χ1n) is 8.56. The van der Waals surface area contributed by atoms with Crippen molar-refractivity contribution in [3.63, 3.8) is 0 Å². The number of carbonyl (C=O) groups excluding carboxylic acids is 1. The van der Waals surface area contributed by atoms with E-state index in [1.165, 1.54) is 0 Å². The van der Waals surface area contributed by atoms with Crippen molar-refractivity contribution in [2.24, 2.45) is 5.92 Å². The van der Waals surface area contributed by atoms with E-state index in [1.54, 1.807) is 31.4 Å². The molecule has 2 saturated heterocycles. The van der Waals surface area contributed by atoms with Gasteiger partial charge in [-0.2, -0.15) is 0 Å². The van der Waals surface area contributed by atoms with Gasteiger partial charge in [-0.25, -0.2) is 0 Å².